The van der Waals surface area contributed by atoms with Crippen molar-refractivity contribution >= 4 is 23.4 Å². The van der Waals surface area contributed by atoms with Gasteiger partial charge in [-0.2, -0.15) is 0 Å². The first kappa shape index (κ1) is 16.6. The molecule has 20 heavy (non-hydrogen) atoms. The van der Waals surface area contributed by atoms with Crippen LogP contribution in [0, 0.1) is 5.82 Å². The van der Waals surface area contributed by atoms with E-state index in [1.54, 1.807) is 6.07 Å². The van der Waals surface area contributed by atoms with Crippen LogP contribution in [0.4, 0.5) is 14.9 Å². The Balaban J connectivity index is 2.19. The first-order valence-corrected chi connectivity index (χ1v) is 6.81. The maximum atomic E-state index is 13.2. The molecule has 0 aliphatic heterocycles. The highest BCUT2D eigenvalue weighted by Crippen LogP contribution is 2.18. The minimum absolute atomic E-state index is 0.0992. The predicted octanol–water partition coefficient (Wildman–Crippen LogP) is 3.81. The molecule has 0 saturated carbocycles. The van der Waals surface area contributed by atoms with Gasteiger partial charge in [0.1, 0.15) is 11.4 Å². The first-order chi connectivity index (χ1) is 9.28. The number of hydrogen-bond donors (Lipinski definition) is 2. The third kappa shape index (κ3) is 6.61. The van der Waals surface area contributed by atoms with Crippen LogP contribution in [0.5, 0.6) is 0 Å². The molecule has 0 bridgehead atoms. The number of carbonyl (C=O) groups is 1. The van der Waals surface area contributed by atoms with Crippen molar-refractivity contribution in [2.45, 2.75) is 32.8 Å². The van der Waals surface area contributed by atoms with E-state index < -0.39 is 17.5 Å². The van der Waals surface area contributed by atoms with Crippen LogP contribution in [0.15, 0.2) is 18.2 Å². The summed E-state index contributed by atoms with van der Waals surface area (Å²) in [6.45, 7) is 6.52. The van der Waals surface area contributed by atoms with Crippen molar-refractivity contribution in [3.63, 3.8) is 0 Å². The zero-order chi connectivity index (χ0) is 15.2. The molecule has 1 aromatic rings. The summed E-state index contributed by atoms with van der Waals surface area (Å²) in [6.07, 6.45) is 0.263. The van der Waals surface area contributed by atoms with Crippen molar-refractivity contribution in [2.24, 2.45) is 0 Å². The topological polar surface area (TPSA) is 50.4 Å². The van der Waals surface area contributed by atoms with Crippen molar-refractivity contribution in [1.82, 2.24) is 5.32 Å². The van der Waals surface area contributed by atoms with Crippen molar-refractivity contribution in [3.8, 4) is 0 Å². The van der Waals surface area contributed by atoms with Gasteiger partial charge < -0.3 is 15.4 Å². The molecule has 0 radical (unpaired) electrons. The molecule has 1 rings (SSSR count). The lowest BCUT2D eigenvalue weighted by molar-refractivity contribution is 0.0528. The molecule has 0 unspecified atom stereocenters. The largest absolute Gasteiger partial charge is 0.444 e. The van der Waals surface area contributed by atoms with E-state index in [4.69, 9.17) is 16.3 Å². The van der Waals surface area contributed by atoms with Crippen LogP contribution in [-0.2, 0) is 4.74 Å². The number of halogens is 2. The van der Waals surface area contributed by atoms with Crippen molar-refractivity contribution in [3.05, 3.63) is 29.0 Å². The molecule has 112 valence electrons. The summed E-state index contributed by atoms with van der Waals surface area (Å²) < 4.78 is 18.3. The Morgan fingerprint density at radius 2 is 2.05 bits per heavy atom. The first-order valence-electron chi connectivity index (χ1n) is 6.44. The summed E-state index contributed by atoms with van der Waals surface area (Å²) in [5.41, 5.74) is 0.160. The normalized spacial score (nSPS) is 11.1. The van der Waals surface area contributed by atoms with E-state index in [-0.39, 0.29) is 5.02 Å². The predicted molar refractivity (Wildman–Crippen MR) is 78.8 cm³/mol. The monoisotopic (exact) mass is 302 g/mol. The molecule has 0 aliphatic carbocycles. The van der Waals surface area contributed by atoms with Gasteiger partial charge in [0, 0.05) is 18.8 Å². The van der Waals surface area contributed by atoms with Crippen LogP contribution in [0.1, 0.15) is 27.2 Å². The molecule has 4 nitrogen and oxygen atoms in total. The Hall–Kier alpha value is -1.49. The number of benzene rings is 1. The summed E-state index contributed by atoms with van der Waals surface area (Å²) in [5, 5.41) is 5.79. The Morgan fingerprint density at radius 3 is 2.65 bits per heavy atom. The number of anilines is 1. The Labute approximate surface area is 123 Å². The van der Waals surface area contributed by atoms with Crippen LogP contribution in [-0.4, -0.2) is 24.8 Å². The second kappa shape index (κ2) is 7.33. The molecule has 0 heterocycles. The SMILES string of the molecule is CC(C)(C)OC(=O)NCCCNc1ccc(Cl)c(F)c1. The van der Waals surface area contributed by atoms with E-state index in [0.29, 0.717) is 25.2 Å². The molecular weight excluding hydrogens is 283 g/mol. The molecule has 0 spiro atoms. The van der Waals surface area contributed by atoms with Gasteiger partial charge in [0.15, 0.2) is 0 Å². The smallest absolute Gasteiger partial charge is 0.407 e. The zero-order valence-corrected chi connectivity index (χ0v) is 12.7. The zero-order valence-electron chi connectivity index (χ0n) is 11.9. The maximum absolute atomic E-state index is 13.2. The molecular formula is C14H20ClFN2O2. The van der Waals surface area contributed by atoms with Gasteiger partial charge in [-0.05, 0) is 45.4 Å². The van der Waals surface area contributed by atoms with E-state index in [1.807, 2.05) is 20.8 Å². The van der Waals surface area contributed by atoms with Crippen LogP contribution < -0.4 is 10.6 Å². The molecule has 0 aromatic heterocycles. The van der Waals surface area contributed by atoms with Crippen LogP contribution >= 0.6 is 11.6 Å². The minimum atomic E-state index is -0.497. The molecule has 1 amide bonds. The number of alkyl carbamates (subject to hydrolysis) is 1. The third-order valence-corrected chi connectivity index (χ3v) is 2.58. The van der Waals surface area contributed by atoms with Crippen LogP contribution in [0.2, 0.25) is 5.02 Å². The molecule has 1 aromatic carbocycles. The molecule has 0 saturated heterocycles. The van der Waals surface area contributed by atoms with Gasteiger partial charge in [-0.3, -0.25) is 0 Å². The van der Waals surface area contributed by atoms with E-state index in [0.717, 1.165) is 0 Å². The summed E-state index contributed by atoms with van der Waals surface area (Å²) in [7, 11) is 0. The number of carbonyl (C=O) groups excluding carboxylic acids is 1. The lowest BCUT2D eigenvalue weighted by Crippen LogP contribution is -2.33. The fourth-order valence-electron chi connectivity index (χ4n) is 1.43. The Morgan fingerprint density at radius 1 is 1.35 bits per heavy atom. The highest BCUT2D eigenvalue weighted by atomic mass is 35.5. The van der Waals surface area contributed by atoms with Crippen LogP contribution in [0.3, 0.4) is 0 Å². The average molecular weight is 303 g/mol. The fraction of sp³-hybridized carbons (Fsp3) is 0.500. The van der Waals surface area contributed by atoms with E-state index >= 15 is 0 Å². The van der Waals surface area contributed by atoms with Gasteiger partial charge >= 0.3 is 6.09 Å². The summed E-state index contributed by atoms with van der Waals surface area (Å²) in [6, 6.07) is 4.54. The number of rotatable bonds is 5. The Bertz CT molecular complexity index is 461. The molecule has 0 fully saturated rings. The number of ether oxygens (including phenoxy) is 1. The molecule has 0 atom stereocenters. The van der Waals surface area contributed by atoms with Gasteiger partial charge in [0.25, 0.3) is 0 Å². The van der Waals surface area contributed by atoms with Gasteiger partial charge in [-0.15, -0.1) is 0 Å². The highest BCUT2D eigenvalue weighted by molar-refractivity contribution is 6.30. The van der Waals surface area contributed by atoms with E-state index in [1.165, 1.54) is 12.1 Å². The minimum Gasteiger partial charge on any atom is -0.444 e. The molecule has 0 aliphatic rings. The highest BCUT2D eigenvalue weighted by Gasteiger charge is 2.15. The summed E-state index contributed by atoms with van der Waals surface area (Å²) in [5.74, 6) is -0.455. The second-order valence-electron chi connectivity index (χ2n) is 5.34. The van der Waals surface area contributed by atoms with E-state index in [9.17, 15) is 9.18 Å². The van der Waals surface area contributed by atoms with Gasteiger partial charge in [-0.1, -0.05) is 11.6 Å². The number of amides is 1. The molecule has 2 N–H and O–H groups in total. The lowest BCUT2D eigenvalue weighted by atomic mass is 10.2. The second-order valence-corrected chi connectivity index (χ2v) is 5.75. The van der Waals surface area contributed by atoms with Crippen molar-refractivity contribution in [2.75, 3.05) is 18.4 Å². The third-order valence-electron chi connectivity index (χ3n) is 2.27. The number of hydrogen-bond acceptors (Lipinski definition) is 3. The standard InChI is InChI=1S/C14H20ClFN2O2/c1-14(2,3)20-13(19)18-8-4-7-17-10-5-6-11(15)12(16)9-10/h5-6,9,17H,4,7-8H2,1-3H3,(H,18,19). The van der Waals surface area contributed by atoms with Crippen molar-refractivity contribution < 1.29 is 13.9 Å². The van der Waals surface area contributed by atoms with Gasteiger partial charge in [0.2, 0.25) is 0 Å². The van der Waals surface area contributed by atoms with Gasteiger partial charge in [0.05, 0.1) is 5.02 Å². The Kier molecular flexibility index (Phi) is 6.07. The van der Waals surface area contributed by atoms with E-state index in [2.05, 4.69) is 10.6 Å². The molecule has 6 heteroatoms. The van der Waals surface area contributed by atoms with Crippen LogP contribution in [0.25, 0.3) is 0 Å². The number of nitrogens with one attached hydrogen (secondary N) is 2. The quantitative estimate of drug-likeness (QED) is 0.813. The fourth-order valence-corrected chi connectivity index (χ4v) is 1.55. The lowest BCUT2D eigenvalue weighted by Gasteiger charge is -2.19. The summed E-state index contributed by atoms with van der Waals surface area (Å²) >= 11 is 5.59. The van der Waals surface area contributed by atoms with Gasteiger partial charge in [-0.25, -0.2) is 9.18 Å². The maximum Gasteiger partial charge on any atom is 0.407 e. The van der Waals surface area contributed by atoms with Crippen molar-refractivity contribution in [1.29, 1.82) is 0 Å². The summed E-state index contributed by atoms with van der Waals surface area (Å²) in [4.78, 5) is 11.4. The average Bonchev–Trinajstić information content (AvgIpc) is 2.31.